The Bertz CT molecular complexity index is 582. The molecule has 2 unspecified atom stereocenters. The van der Waals surface area contributed by atoms with Crippen molar-refractivity contribution in [3.05, 3.63) is 65.5 Å². The molecule has 0 bridgehead atoms. The number of hydrogen-bond donors (Lipinski definition) is 1. The van der Waals surface area contributed by atoms with Crippen LogP contribution < -0.4 is 5.32 Å². The average molecular weight is 281 g/mol. The molecule has 0 aliphatic heterocycles. The molecule has 1 aliphatic carbocycles. The fourth-order valence-electron chi connectivity index (χ4n) is 3.34. The van der Waals surface area contributed by atoms with E-state index in [0.29, 0.717) is 12.1 Å². The third-order valence-corrected chi connectivity index (χ3v) is 4.38. The molecule has 0 amide bonds. The maximum absolute atomic E-state index is 4.10. The molecule has 2 atom stereocenters. The lowest BCUT2D eigenvalue weighted by Crippen LogP contribution is -2.40. The van der Waals surface area contributed by atoms with Gasteiger partial charge in [-0.3, -0.25) is 9.88 Å². The number of hydrogen-bond acceptors (Lipinski definition) is 3. The van der Waals surface area contributed by atoms with Gasteiger partial charge in [-0.2, -0.15) is 0 Å². The molecule has 1 aliphatic rings. The van der Waals surface area contributed by atoms with Gasteiger partial charge >= 0.3 is 0 Å². The van der Waals surface area contributed by atoms with Crippen LogP contribution in [0.5, 0.6) is 0 Å². The molecule has 1 heterocycles. The van der Waals surface area contributed by atoms with Crippen LogP contribution in [0.1, 0.15) is 29.7 Å². The summed E-state index contributed by atoms with van der Waals surface area (Å²) in [7, 11) is 2.22. The van der Waals surface area contributed by atoms with Gasteiger partial charge < -0.3 is 5.32 Å². The molecular formula is C18H23N3. The van der Waals surface area contributed by atoms with E-state index >= 15 is 0 Å². The number of fused-ring (bicyclic) bond motifs is 1. The summed E-state index contributed by atoms with van der Waals surface area (Å²) in [4.78, 5) is 6.56. The lowest BCUT2D eigenvalue weighted by Gasteiger charge is -2.30. The van der Waals surface area contributed by atoms with Crippen molar-refractivity contribution in [2.75, 3.05) is 13.6 Å². The SMILES string of the molecule is CCNC1c2ccccc2CC1N(C)Cc1ccncc1. The van der Waals surface area contributed by atoms with Crippen molar-refractivity contribution < 1.29 is 0 Å². The Morgan fingerprint density at radius 3 is 2.71 bits per heavy atom. The van der Waals surface area contributed by atoms with Crippen molar-refractivity contribution in [3.8, 4) is 0 Å². The molecule has 0 saturated carbocycles. The summed E-state index contributed by atoms with van der Waals surface area (Å²) in [5.41, 5.74) is 4.26. The molecule has 0 radical (unpaired) electrons. The monoisotopic (exact) mass is 281 g/mol. The molecule has 1 aromatic carbocycles. The molecule has 3 rings (SSSR count). The lowest BCUT2D eigenvalue weighted by molar-refractivity contribution is 0.197. The van der Waals surface area contributed by atoms with E-state index in [-0.39, 0.29) is 0 Å². The molecule has 110 valence electrons. The summed E-state index contributed by atoms with van der Waals surface area (Å²) >= 11 is 0. The number of nitrogens with zero attached hydrogens (tertiary/aromatic N) is 2. The van der Waals surface area contributed by atoms with Gasteiger partial charge in [0.25, 0.3) is 0 Å². The molecule has 1 N–H and O–H groups in total. The first-order valence-electron chi connectivity index (χ1n) is 7.70. The van der Waals surface area contributed by atoms with Crippen LogP contribution >= 0.6 is 0 Å². The smallest absolute Gasteiger partial charge is 0.0484 e. The molecule has 0 saturated heterocycles. The Balaban J connectivity index is 1.78. The number of aromatic nitrogens is 1. The van der Waals surface area contributed by atoms with Crippen molar-refractivity contribution in [1.29, 1.82) is 0 Å². The van der Waals surface area contributed by atoms with E-state index in [1.807, 2.05) is 12.4 Å². The second-order valence-electron chi connectivity index (χ2n) is 5.78. The van der Waals surface area contributed by atoms with Crippen molar-refractivity contribution in [1.82, 2.24) is 15.2 Å². The van der Waals surface area contributed by atoms with E-state index in [1.54, 1.807) is 0 Å². The quantitative estimate of drug-likeness (QED) is 0.913. The van der Waals surface area contributed by atoms with Crippen LogP contribution in [-0.2, 0) is 13.0 Å². The zero-order chi connectivity index (χ0) is 14.7. The zero-order valence-electron chi connectivity index (χ0n) is 12.8. The maximum atomic E-state index is 4.10. The van der Waals surface area contributed by atoms with Gasteiger partial charge in [0.1, 0.15) is 0 Å². The summed E-state index contributed by atoms with van der Waals surface area (Å²) in [6, 6.07) is 14.0. The zero-order valence-corrected chi connectivity index (χ0v) is 12.8. The number of pyridine rings is 1. The topological polar surface area (TPSA) is 28.2 Å². The number of benzene rings is 1. The van der Waals surface area contributed by atoms with Gasteiger partial charge in [-0.15, -0.1) is 0 Å². The first kappa shape index (κ1) is 14.2. The summed E-state index contributed by atoms with van der Waals surface area (Å²) in [5, 5.41) is 3.66. The standard InChI is InChI=1S/C18H23N3/c1-3-20-18-16-7-5-4-6-15(16)12-17(18)21(2)13-14-8-10-19-11-9-14/h4-11,17-18,20H,3,12-13H2,1-2H3. The highest BCUT2D eigenvalue weighted by atomic mass is 15.2. The Kier molecular flexibility index (Phi) is 4.32. The van der Waals surface area contributed by atoms with Gasteiger partial charge in [0.05, 0.1) is 0 Å². The minimum absolute atomic E-state index is 0.429. The minimum Gasteiger partial charge on any atom is -0.309 e. The van der Waals surface area contributed by atoms with Crippen LogP contribution in [0, 0.1) is 0 Å². The molecule has 3 heteroatoms. The number of likely N-dealkylation sites (N-methyl/N-ethyl adjacent to an activating group) is 2. The Hall–Kier alpha value is -1.71. The largest absolute Gasteiger partial charge is 0.309 e. The van der Waals surface area contributed by atoms with Crippen molar-refractivity contribution in [3.63, 3.8) is 0 Å². The molecule has 21 heavy (non-hydrogen) atoms. The van der Waals surface area contributed by atoms with E-state index < -0.39 is 0 Å². The molecule has 2 aromatic rings. The van der Waals surface area contributed by atoms with Crippen LogP contribution in [0.3, 0.4) is 0 Å². The van der Waals surface area contributed by atoms with E-state index in [4.69, 9.17) is 0 Å². The first-order chi connectivity index (χ1) is 10.3. The Morgan fingerprint density at radius 1 is 1.19 bits per heavy atom. The van der Waals surface area contributed by atoms with Gasteiger partial charge in [0.2, 0.25) is 0 Å². The Labute approximate surface area is 127 Å². The highest BCUT2D eigenvalue weighted by molar-refractivity contribution is 5.37. The summed E-state index contributed by atoms with van der Waals surface area (Å²) in [6.45, 7) is 4.14. The lowest BCUT2D eigenvalue weighted by atomic mass is 10.1. The van der Waals surface area contributed by atoms with Gasteiger partial charge in [-0.25, -0.2) is 0 Å². The van der Waals surface area contributed by atoms with E-state index in [2.05, 4.69) is 65.6 Å². The molecule has 1 aromatic heterocycles. The fraction of sp³-hybridized carbons (Fsp3) is 0.389. The molecule has 0 spiro atoms. The van der Waals surface area contributed by atoms with Crippen molar-refractivity contribution >= 4 is 0 Å². The average Bonchev–Trinajstić information content (AvgIpc) is 2.88. The predicted molar refractivity (Wildman–Crippen MR) is 86.1 cm³/mol. The molecule has 3 nitrogen and oxygen atoms in total. The van der Waals surface area contributed by atoms with E-state index in [1.165, 1.54) is 16.7 Å². The van der Waals surface area contributed by atoms with E-state index in [0.717, 1.165) is 19.5 Å². The predicted octanol–water partition coefficient (Wildman–Crippen LogP) is 2.79. The third kappa shape index (κ3) is 2.99. The minimum atomic E-state index is 0.429. The Morgan fingerprint density at radius 2 is 1.95 bits per heavy atom. The van der Waals surface area contributed by atoms with Crippen LogP contribution in [0.15, 0.2) is 48.8 Å². The van der Waals surface area contributed by atoms with Gasteiger partial charge in [-0.1, -0.05) is 31.2 Å². The fourth-order valence-corrected chi connectivity index (χ4v) is 3.34. The number of rotatable bonds is 5. The summed E-state index contributed by atoms with van der Waals surface area (Å²) in [5.74, 6) is 0. The highest BCUT2D eigenvalue weighted by Gasteiger charge is 2.33. The normalized spacial score (nSPS) is 20.7. The van der Waals surface area contributed by atoms with Crippen LogP contribution in [0.25, 0.3) is 0 Å². The van der Waals surface area contributed by atoms with E-state index in [9.17, 15) is 0 Å². The second kappa shape index (κ2) is 6.37. The molecule has 0 fully saturated rings. The first-order valence-corrected chi connectivity index (χ1v) is 7.70. The number of nitrogens with one attached hydrogen (secondary N) is 1. The third-order valence-electron chi connectivity index (χ3n) is 4.38. The highest BCUT2D eigenvalue weighted by Crippen LogP contribution is 2.34. The second-order valence-corrected chi connectivity index (χ2v) is 5.78. The molecular weight excluding hydrogens is 258 g/mol. The maximum Gasteiger partial charge on any atom is 0.0484 e. The van der Waals surface area contributed by atoms with Gasteiger partial charge in [-0.05, 0) is 48.8 Å². The van der Waals surface area contributed by atoms with Gasteiger partial charge in [0, 0.05) is 31.0 Å². The van der Waals surface area contributed by atoms with Gasteiger partial charge in [0.15, 0.2) is 0 Å². The summed E-state index contributed by atoms with van der Waals surface area (Å²) < 4.78 is 0. The van der Waals surface area contributed by atoms with Crippen LogP contribution in [0.2, 0.25) is 0 Å². The van der Waals surface area contributed by atoms with Crippen molar-refractivity contribution in [2.24, 2.45) is 0 Å². The summed E-state index contributed by atoms with van der Waals surface area (Å²) in [6.07, 6.45) is 4.86. The van der Waals surface area contributed by atoms with Crippen molar-refractivity contribution in [2.45, 2.75) is 32.0 Å². The van der Waals surface area contributed by atoms with Crippen LogP contribution in [0.4, 0.5) is 0 Å². The van der Waals surface area contributed by atoms with Crippen LogP contribution in [-0.4, -0.2) is 29.5 Å².